The largest absolute Gasteiger partial charge is 0.480 e. The molecule has 2 aromatic carbocycles. The number of carboxylic acids is 1. The molecule has 0 spiro atoms. The van der Waals surface area contributed by atoms with Crippen LogP contribution in [0.2, 0.25) is 0 Å². The Morgan fingerprint density at radius 1 is 0.971 bits per heavy atom. The Labute approximate surface area is 203 Å². The van der Waals surface area contributed by atoms with Gasteiger partial charge in [-0.25, -0.2) is 9.59 Å². The molecule has 0 unspecified atom stereocenters. The average molecular weight is 480 g/mol. The number of nitrogens with one attached hydrogen (secondary N) is 2. The van der Waals surface area contributed by atoms with Crippen LogP contribution >= 0.6 is 0 Å². The zero-order valence-electron chi connectivity index (χ0n) is 19.7. The van der Waals surface area contributed by atoms with Gasteiger partial charge in [0.15, 0.2) is 0 Å². The molecule has 0 radical (unpaired) electrons. The SMILES string of the molecule is C[C@H](NC(=O)OCC1c2ccccc2-c2ccccc21)C(=O)N[C@@H](C)C(=O)N1CCC[C@H]1C(=O)O. The van der Waals surface area contributed by atoms with Gasteiger partial charge in [-0.15, -0.1) is 0 Å². The number of benzene rings is 2. The lowest BCUT2D eigenvalue weighted by Gasteiger charge is -2.26. The Balaban J connectivity index is 1.30. The topological polar surface area (TPSA) is 125 Å². The summed E-state index contributed by atoms with van der Waals surface area (Å²) in [5, 5.41) is 14.3. The van der Waals surface area contributed by atoms with Gasteiger partial charge in [-0.1, -0.05) is 48.5 Å². The van der Waals surface area contributed by atoms with Crippen LogP contribution in [-0.4, -0.2) is 65.2 Å². The van der Waals surface area contributed by atoms with Crippen molar-refractivity contribution in [3.05, 3.63) is 59.7 Å². The number of hydrogen-bond donors (Lipinski definition) is 3. The smallest absolute Gasteiger partial charge is 0.407 e. The molecule has 2 aromatic rings. The van der Waals surface area contributed by atoms with Crippen molar-refractivity contribution in [3.8, 4) is 11.1 Å². The molecule has 1 fully saturated rings. The zero-order valence-corrected chi connectivity index (χ0v) is 19.7. The normalized spacial score (nSPS) is 18.2. The number of amides is 3. The van der Waals surface area contributed by atoms with Crippen LogP contribution in [0.15, 0.2) is 48.5 Å². The number of alkyl carbamates (subject to hydrolysis) is 1. The molecular weight excluding hydrogens is 450 g/mol. The van der Waals surface area contributed by atoms with Crippen LogP contribution in [0.4, 0.5) is 4.79 Å². The second kappa shape index (κ2) is 10.2. The summed E-state index contributed by atoms with van der Waals surface area (Å²) in [5.41, 5.74) is 4.40. The summed E-state index contributed by atoms with van der Waals surface area (Å²) in [4.78, 5) is 50.2. The summed E-state index contributed by atoms with van der Waals surface area (Å²) < 4.78 is 5.46. The molecule has 1 aliphatic heterocycles. The van der Waals surface area contributed by atoms with E-state index in [9.17, 15) is 24.3 Å². The van der Waals surface area contributed by atoms with Crippen molar-refractivity contribution in [1.29, 1.82) is 0 Å². The number of likely N-dealkylation sites (tertiary alicyclic amines) is 1. The van der Waals surface area contributed by atoms with Gasteiger partial charge >= 0.3 is 12.1 Å². The minimum Gasteiger partial charge on any atom is -0.480 e. The number of rotatable bonds is 7. The molecule has 184 valence electrons. The highest BCUT2D eigenvalue weighted by Crippen LogP contribution is 2.44. The van der Waals surface area contributed by atoms with E-state index in [4.69, 9.17) is 4.74 Å². The Hall–Kier alpha value is -3.88. The molecule has 3 N–H and O–H groups in total. The first-order chi connectivity index (χ1) is 16.8. The number of carbonyl (C=O) groups is 4. The highest BCUT2D eigenvalue weighted by Gasteiger charge is 2.36. The third kappa shape index (κ3) is 4.99. The summed E-state index contributed by atoms with van der Waals surface area (Å²) in [6.45, 7) is 3.44. The fraction of sp³-hybridized carbons (Fsp3) is 0.385. The first-order valence-corrected chi connectivity index (χ1v) is 11.7. The van der Waals surface area contributed by atoms with Crippen molar-refractivity contribution in [2.45, 2.75) is 50.7 Å². The minimum atomic E-state index is -1.06. The Bertz CT molecular complexity index is 1100. The van der Waals surface area contributed by atoms with E-state index in [1.807, 2.05) is 48.5 Å². The number of nitrogens with zero attached hydrogens (tertiary/aromatic N) is 1. The quantitative estimate of drug-likeness (QED) is 0.560. The number of hydrogen-bond acceptors (Lipinski definition) is 5. The van der Waals surface area contributed by atoms with Crippen LogP contribution in [0.25, 0.3) is 11.1 Å². The fourth-order valence-corrected chi connectivity index (χ4v) is 4.82. The predicted octanol–water partition coefficient (Wildman–Crippen LogP) is 2.49. The number of ether oxygens (including phenoxy) is 1. The van der Waals surface area contributed by atoms with Crippen molar-refractivity contribution in [2.75, 3.05) is 13.2 Å². The lowest BCUT2D eigenvalue weighted by molar-refractivity contribution is -0.149. The highest BCUT2D eigenvalue weighted by molar-refractivity contribution is 5.92. The van der Waals surface area contributed by atoms with Gasteiger partial charge in [-0.2, -0.15) is 0 Å². The number of fused-ring (bicyclic) bond motifs is 3. The first-order valence-electron chi connectivity index (χ1n) is 11.7. The lowest BCUT2D eigenvalue weighted by atomic mass is 9.98. The Morgan fingerprint density at radius 2 is 1.57 bits per heavy atom. The minimum absolute atomic E-state index is 0.0995. The van der Waals surface area contributed by atoms with E-state index in [1.165, 1.54) is 18.7 Å². The van der Waals surface area contributed by atoms with Crippen molar-refractivity contribution in [1.82, 2.24) is 15.5 Å². The van der Waals surface area contributed by atoms with Crippen molar-refractivity contribution < 1.29 is 29.0 Å². The van der Waals surface area contributed by atoms with Crippen LogP contribution < -0.4 is 10.6 Å². The molecule has 3 atom stereocenters. The maximum atomic E-state index is 12.6. The van der Waals surface area contributed by atoms with Crippen LogP contribution in [0, 0.1) is 0 Å². The second-order valence-corrected chi connectivity index (χ2v) is 8.95. The third-order valence-electron chi connectivity index (χ3n) is 6.62. The first kappa shape index (κ1) is 24.3. The van der Waals surface area contributed by atoms with Crippen LogP contribution in [-0.2, 0) is 19.1 Å². The molecule has 0 saturated carbocycles. The fourth-order valence-electron chi connectivity index (χ4n) is 4.82. The van der Waals surface area contributed by atoms with Crippen LogP contribution in [0.3, 0.4) is 0 Å². The summed E-state index contributed by atoms with van der Waals surface area (Å²) in [5.74, 6) is -2.18. The number of aliphatic carboxylic acids is 1. The van der Waals surface area contributed by atoms with Gasteiger partial charge in [-0.3, -0.25) is 9.59 Å². The van der Waals surface area contributed by atoms with Gasteiger partial charge in [0, 0.05) is 12.5 Å². The van der Waals surface area contributed by atoms with Gasteiger partial charge in [0.1, 0.15) is 24.7 Å². The van der Waals surface area contributed by atoms with E-state index in [1.54, 1.807) is 0 Å². The van der Waals surface area contributed by atoms with E-state index in [2.05, 4.69) is 10.6 Å². The van der Waals surface area contributed by atoms with Crippen LogP contribution in [0.5, 0.6) is 0 Å². The van der Waals surface area contributed by atoms with Gasteiger partial charge in [-0.05, 0) is 48.9 Å². The van der Waals surface area contributed by atoms with E-state index < -0.39 is 42.0 Å². The van der Waals surface area contributed by atoms with Gasteiger partial charge in [0.05, 0.1) is 0 Å². The zero-order chi connectivity index (χ0) is 25.1. The monoisotopic (exact) mass is 479 g/mol. The molecule has 1 aliphatic carbocycles. The molecule has 3 amide bonds. The average Bonchev–Trinajstić information content (AvgIpc) is 3.46. The van der Waals surface area contributed by atoms with E-state index in [-0.39, 0.29) is 12.5 Å². The Kier molecular flexibility index (Phi) is 7.04. The summed E-state index contributed by atoms with van der Waals surface area (Å²) in [6.07, 6.45) is 0.254. The van der Waals surface area contributed by atoms with E-state index in [0.717, 1.165) is 22.3 Å². The molecule has 4 rings (SSSR count). The molecular formula is C26H29N3O6. The highest BCUT2D eigenvalue weighted by atomic mass is 16.5. The lowest BCUT2D eigenvalue weighted by Crippen LogP contribution is -2.54. The van der Waals surface area contributed by atoms with Gasteiger partial charge in [0.2, 0.25) is 11.8 Å². The van der Waals surface area contributed by atoms with Crippen molar-refractivity contribution in [3.63, 3.8) is 0 Å². The maximum absolute atomic E-state index is 12.6. The second-order valence-electron chi connectivity index (χ2n) is 8.95. The van der Waals surface area contributed by atoms with E-state index >= 15 is 0 Å². The van der Waals surface area contributed by atoms with Gasteiger partial charge < -0.3 is 25.4 Å². The maximum Gasteiger partial charge on any atom is 0.407 e. The molecule has 1 saturated heterocycles. The predicted molar refractivity (Wildman–Crippen MR) is 128 cm³/mol. The van der Waals surface area contributed by atoms with Crippen molar-refractivity contribution in [2.24, 2.45) is 0 Å². The van der Waals surface area contributed by atoms with Crippen LogP contribution in [0.1, 0.15) is 43.7 Å². The standard InChI is InChI=1S/C26H29N3O6/c1-15(23(30)27-16(2)24(31)29-13-7-12-22(29)25(32)33)28-26(34)35-14-21-19-10-5-3-8-17(19)18-9-4-6-11-20(18)21/h3-6,8-11,15-16,21-22H,7,12-14H2,1-2H3,(H,27,30)(H,28,34)(H,32,33)/t15-,16-,22-/m0/s1. The molecule has 9 nitrogen and oxygen atoms in total. The molecule has 1 heterocycles. The van der Waals surface area contributed by atoms with Crippen molar-refractivity contribution >= 4 is 23.9 Å². The molecule has 0 aromatic heterocycles. The summed E-state index contributed by atoms with van der Waals surface area (Å²) in [7, 11) is 0. The summed E-state index contributed by atoms with van der Waals surface area (Å²) in [6, 6.07) is 13.2. The molecule has 9 heteroatoms. The molecule has 35 heavy (non-hydrogen) atoms. The molecule has 2 aliphatic rings. The molecule has 0 bridgehead atoms. The third-order valence-corrected chi connectivity index (χ3v) is 6.62. The summed E-state index contributed by atoms with van der Waals surface area (Å²) >= 11 is 0. The number of carboxylic acid groups (broad SMARTS) is 1. The van der Waals surface area contributed by atoms with E-state index in [0.29, 0.717) is 19.4 Å². The van der Waals surface area contributed by atoms with Gasteiger partial charge in [0.25, 0.3) is 0 Å². The number of carbonyl (C=O) groups excluding carboxylic acids is 3. The Morgan fingerprint density at radius 3 is 2.17 bits per heavy atom.